The molecule has 0 unspecified atom stereocenters. The molecule has 2 heterocycles. The van der Waals surface area contributed by atoms with Gasteiger partial charge in [0.1, 0.15) is 5.72 Å². The first-order valence-corrected chi connectivity index (χ1v) is 9.92. The quantitative estimate of drug-likeness (QED) is 0.628. The van der Waals surface area contributed by atoms with Crippen LogP contribution in [0.25, 0.3) is 16.3 Å². The number of nitrogens with one attached hydrogen (secondary N) is 1. The molecule has 0 saturated carbocycles. The summed E-state index contributed by atoms with van der Waals surface area (Å²) in [6.07, 6.45) is 1.68. The monoisotopic (exact) mass is 404 g/mol. The fourth-order valence-electron chi connectivity index (χ4n) is 3.31. The van der Waals surface area contributed by atoms with Gasteiger partial charge in [-0.05, 0) is 38.8 Å². The van der Waals surface area contributed by atoms with Crippen molar-refractivity contribution in [1.82, 2.24) is 14.8 Å². The highest BCUT2D eigenvalue weighted by molar-refractivity contribution is 7.19. The van der Waals surface area contributed by atoms with Crippen LogP contribution in [0.4, 0.5) is 5.13 Å². The molecular formula is C19H21ClN4O2S. The van der Waals surface area contributed by atoms with Gasteiger partial charge in [-0.25, -0.2) is 9.67 Å². The van der Waals surface area contributed by atoms with Crippen LogP contribution in [0, 0.1) is 0 Å². The van der Waals surface area contributed by atoms with Crippen LogP contribution in [0.1, 0.15) is 30.8 Å². The molecule has 142 valence electrons. The number of thiazole rings is 1. The molecule has 1 aromatic carbocycles. The van der Waals surface area contributed by atoms with Gasteiger partial charge in [0.05, 0.1) is 39.3 Å². The van der Waals surface area contributed by atoms with Crippen molar-refractivity contribution >= 4 is 28.1 Å². The number of aliphatic hydroxyl groups is 1. The number of para-hydroxylation sites is 1. The maximum absolute atomic E-state index is 10.1. The largest absolute Gasteiger partial charge is 0.378 e. The van der Waals surface area contributed by atoms with E-state index in [0.717, 1.165) is 40.5 Å². The summed E-state index contributed by atoms with van der Waals surface area (Å²) in [5.74, 6) is 0. The minimum Gasteiger partial charge on any atom is -0.378 e. The van der Waals surface area contributed by atoms with Crippen molar-refractivity contribution in [1.29, 1.82) is 0 Å². The summed E-state index contributed by atoms with van der Waals surface area (Å²) >= 11 is 7.98. The first-order chi connectivity index (χ1) is 12.9. The highest BCUT2D eigenvalue weighted by atomic mass is 35.5. The Balaban J connectivity index is 1.89. The maximum Gasteiger partial charge on any atom is 0.185 e. The number of halogens is 1. The number of rotatable bonds is 5. The summed E-state index contributed by atoms with van der Waals surface area (Å²) in [5.41, 5.74) is 3.91. The van der Waals surface area contributed by atoms with Crippen molar-refractivity contribution in [3.05, 3.63) is 46.2 Å². The van der Waals surface area contributed by atoms with Gasteiger partial charge in [-0.2, -0.15) is 5.10 Å². The van der Waals surface area contributed by atoms with E-state index in [1.807, 2.05) is 28.9 Å². The van der Waals surface area contributed by atoms with Crippen LogP contribution in [-0.4, -0.2) is 32.7 Å². The number of ether oxygens (including phenoxy) is 1. The molecule has 27 heavy (non-hydrogen) atoms. The van der Waals surface area contributed by atoms with Crippen LogP contribution in [-0.2, 0) is 24.2 Å². The number of methoxy groups -OCH3 is 1. The highest BCUT2D eigenvalue weighted by Gasteiger charge is 2.30. The number of hydrogen-bond acceptors (Lipinski definition) is 6. The fourth-order valence-corrected chi connectivity index (χ4v) is 4.74. The number of anilines is 1. The Morgan fingerprint density at radius 1 is 1.33 bits per heavy atom. The minimum atomic E-state index is -1.03. The predicted octanol–water partition coefficient (Wildman–Crippen LogP) is 4.03. The fraction of sp³-hybridized carbons (Fsp3) is 0.368. The normalized spacial score (nSPS) is 13.4. The average molecular weight is 405 g/mol. The average Bonchev–Trinajstić information content (AvgIpc) is 3.15. The van der Waals surface area contributed by atoms with E-state index >= 15 is 0 Å². The number of aromatic nitrogens is 3. The van der Waals surface area contributed by atoms with Crippen LogP contribution in [0.3, 0.4) is 0 Å². The zero-order chi connectivity index (χ0) is 19.2. The van der Waals surface area contributed by atoms with Crippen LogP contribution >= 0.6 is 22.9 Å². The Bertz CT molecular complexity index is 990. The van der Waals surface area contributed by atoms with Crippen molar-refractivity contribution < 1.29 is 9.84 Å². The third kappa shape index (κ3) is 3.48. The summed E-state index contributed by atoms with van der Waals surface area (Å²) in [6, 6.07) is 7.67. The first kappa shape index (κ1) is 18.4. The molecule has 2 N–H and O–H groups in total. The molecule has 1 aliphatic rings. The summed E-state index contributed by atoms with van der Waals surface area (Å²) in [7, 11) is 1.67. The van der Waals surface area contributed by atoms with Crippen LogP contribution < -0.4 is 5.32 Å². The molecular weight excluding hydrogens is 384 g/mol. The molecule has 0 saturated heterocycles. The Kier molecular flexibility index (Phi) is 4.71. The lowest BCUT2D eigenvalue weighted by molar-refractivity contribution is 0.111. The Morgan fingerprint density at radius 3 is 2.81 bits per heavy atom. The number of benzene rings is 1. The van der Waals surface area contributed by atoms with Crippen LogP contribution in [0.5, 0.6) is 0 Å². The van der Waals surface area contributed by atoms with E-state index < -0.39 is 5.72 Å². The lowest BCUT2D eigenvalue weighted by Crippen LogP contribution is -2.29. The van der Waals surface area contributed by atoms with Crippen LogP contribution in [0.2, 0.25) is 5.02 Å². The van der Waals surface area contributed by atoms with Crippen molar-refractivity contribution in [2.75, 3.05) is 12.4 Å². The summed E-state index contributed by atoms with van der Waals surface area (Å²) in [6.45, 7) is 3.84. The van der Waals surface area contributed by atoms with Gasteiger partial charge in [0.25, 0.3) is 0 Å². The van der Waals surface area contributed by atoms with Gasteiger partial charge in [-0.15, -0.1) is 0 Å². The molecule has 4 rings (SSSR count). The molecule has 0 atom stereocenters. The lowest BCUT2D eigenvalue weighted by atomic mass is 9.97. The molecule has 6 nitrogen and oxygen atoms in total. The van der Waals surface area contributed by atoms with Gasteiger partial charge >= 0.3 is 0 Å². The van der Waals surface area contributed by atoms with Gasteiger partial charge in [-0.3, -0.25) is 0 Å². The topological polar surface area (TPSA) is 72.2 Å². The molecule has 0 fully saturated rings. The molecule has 2 aromatic heterocycles. The highest BCUT2D eigenvalue weighted by Crippen LogP contribution is 2.43. The SMILES string of the molecule is COCc1nn(-c2ccccc2Cl)c2c1CCc1nc(NC(C)(C)O)sc1-2. The minimum absolute atomic E-state index is 0.447. The predicted molar refractivity (Wildman–Crippen MR) is 108 cm³/mol. The van der Waals surface area contributed by atoms with Crippen LogP contribution in [0.15, 0.2) is 24.3 Å². The second-order valence-electron chi connectivity index (χ2n) is 7.05. The number of hydrogen-bond donors (Lipinski definition) is 2. The molecule has 0 spiro atoms. The molecule has 0 amide bonds. The Hall–Kier alpha value is -1.93. The zero-order valence-electron chi connectivity index (χ0n) is 15.4. The second kappa shape index (κ2) is 6.91. The molecule has 0 aliphatic heterocycles. The van der Waals surface area contributed by atoms with E-state index in [4.69, 9.17) is 21.4 Å². The third-order valence-corrected chi connectivity index (χ3v) is 5.70. The van der Waals surface area contributed by atoms with Gasteiger partial charge in [-0.1, -0.05) is 35.1 Å². The smallest absolute Gasteiger partial charge is 0.185 e. The van der Waals surface area contributed by atoms with E-state index in [0.29, 0.717) is 16.8 Å². The van der Waals surface area contributed by atoms with E-state index in [9.17, 15) is 5.11 Å². The lowest BCUT2D eigenvalue weighted by Gasteiger charge is -2.17. The van der Waals surface area contributed by atoms with Crippen molar-refractivity contribution in [2.45, 2.75) is 39.0 Å². The Labute approximate surface area is 166 Å². The van der Waals surface area contributed by atoms with E-state index in [1.54, 1.807) is 21.0 Å². The van der Waals surface area contributed by atoms with Gasteiger partial charge in [0.15, 0.2) is 5.13 Å². The Morgan fingerprint density at radius 2 is 2.11 bits per heavy atom. The van der Waals surface area contributed by atoms with Crippen molar-refractivity contribution in [2.24, 2.45) is 0 Å². The molecule has 3 aromatic rings. The van der Waals surface area contributed by atoms with Crippen molar-refractivity contribution in [3.8, 4) is 16.3 Å². The van der Waals surface area contributed by atoms with Gasteiger partial charge in [0, 0.05) is 12.7 Å². The number of fused-ring (bicyclic) bond motifs is 3. The summed E-state index contributed by atoms with van der Waals surface area (Å²) in [5, 5.41) is 19.3. The number of aryl methyl sites for hydroxylation is 1. The number of nitrogens with zero attached hydrogens (tertiary/aromatic N) is 3. The molecule has 8 heteroatoms. The van der Waals surface area contributed by atoms with E-state index in [2.05, 4.69) is 10.3 Å². The molecule has 0 bridgehead atoms. The summed E-state index contributed by atoms with van der Waals surface area (Å²) < 4.78 is 7.26. The summed E-state index contributed by atoms with van der Waals surface area (Å²) in [4.78, 5) is 5.74. The van der Waals surface area contributed by atoms with E-state index in [1.165, 1.54) is 16.9 Å². The third-order valence-electron chi connectivity index (χ3n) is 4.37. The zero-order valence-corrected chi connectivity index (χ0v) is 17.0. The maximum atomic E-state index is 10.1. The molecule has 1 aliphatic carbocycles. The molecule has 0 radical (unpaired) electrons. The first-order valence-electron chi connectivity index (χ1n) is 8.72. The van der Waals surface area contributed by atoms with Crippen molar-refractivity contribution in [3.63, 3.8) is 0 Å². The second-order valence-corrected chi connectivity index (χ2v) is 8.46. The standard InChI is InChI=1S/C19H21ClN4O2S/c1-19(2,25)22-18-21-13-9-8-11-14(10-26-3)23-24(16(11)17(13)27-18)15-7-5-4-6-12(15)20/h4-7,25H,8-10H2,1-3H3,(H,21,22). The van der Waals surface area contributed by atoms with E-state index in [-0.39, 0.29) is 0 Å². The van der Waals surface area contributed by atoms with Gasteiger partial charge in [0.2, 0.25) is 0 Å². The van der Waals surface area contributed by atoms with Gasteiger partial charge < -0.3 is 15.2 Å².